The van der Waals surface area contributed by atoms with Crippen LogP contribution in [0.4, 0.5) is 32.0 Å². The molecule has 30 heavy (non-hydrogen) atoms. The van der Waals surface area contributed by atoms with Gasteiger partial charge in [0, 0.05) is 10.6 Å². The summed E-state index contributed by atoms with van der Waals surface area (Å²) >= 11 is 1.34. The summed E-state index contributed by atoms with van der Waals surface area (Å²) in [6, 6.07) is 8.42. The van der Waals surface area contributed by atoms with Gasteiger partial charge in [0.05, 0.1) is 16.9 Å². The van der Waals surface area contributed by atoms with Gasteiger partial charge in [0.15, 0.2) is 5.82 Å². The first-order valence-corrected chi connectivity index (χ1v) is 9.28. The van der Waals surface area contributed by atoms with E-state index in [9.17, 15) is 26.3 Å². The number of aromatic nitrogens is 2. The molecule has 158 valence electrons. The number of thioether (sulfide) groups is 1. The largest absolute Gasteiger partial charge is 0.416 e. The number of rotatable bonds is 5. The Morgan fingerprint density at radius 2 is 1.57 bits per heavy atom. The van der Waals surface area contributed by atoms with Gasteiger partial charge in [-0.3, -0.25) is 0 Å². The van der Waals surface area contributed by atoms with Crippen LogP contribution in [0.1, 0.15) is 28.4 Å². The molecule has 2 N–H and O–H groups in total. The summed E-state index contributed by atoms with van der Waals surface area (Å²) in [5, 5.41) is 3.65. The van der Waals surface area contributed by atoms with Gasteiger partial charge in [-0.2, -0.15) is 31.3 Å². The Balaban J connectivity index is 1.77. The molecule has 3 aromatic rings. The van der Waals surface area contributed by atoms with E-state index in [0.717, 1.165) is 11.0 Å². The highest BCUT2D eigenvalue weighted by Gasteiger charge is 2.36. The third-order valence-electron chi connectivity index (χ3n) is 3.79. The summed E-state index contributed by atoms with van der Waals surface area (Å²) in [5.41, 5.74) is 3.31. The molecule has 1 aromatic heterocycles. The molecule has 0 spiro atoms. The Kier molecular flexibility index (Phi) is 6.11. The highest BCUT2D eigenvalue weighted by molar-refractivity contribution is 7.98. The number of hydrogen-bond donors (Lipinski definition) is 1. The number of para-hydroxylation sites is 1. The zero-order valence-electron chi connectivity index (χ0n) is 15.0. The summed E-state index contributed by atoms with van der Waals surface area (Å²) in [6.07, 6.45) is -7.61. The molecule has 0 aliphatic heterocycles. The summed E-state index contributed by atoms with van der Waals surface area (Å²) in [4.78, 5) is 4.84. The number of anilines is 1. The van der Waals surface area contributed by atoms with Crippen molar-refractivity contribution < 1.29 is 30.9 Å². The first kappa shape index (κ1) is 21.8. The maximum atomic E-state index is 12.9. The second-order valence-electron chi connectivity index (χ2n) is 6.05. The molecule has 0 saturated carbocycles. The standard InChI is InChI=1S/C19H13F6N3OS/c20-18(21,22)12-7-11(8-13(9-12)19(23,24)25)5-6-16-27-17(29-28-16)10-30-15-4-2-1-3-14(15)26/h1-9H,10,26H2. The van der Waals surface area contributed by atoms with E-state index in [1.807, 2.05) is 12.1 Å². The number of hydrogen-bond acceptors (Lipinski definition) is 5. The first-order chi connectivity index (χ1) is 14.0. The van der Waals surface area contributed by atoms with Crippen molar-refractivity contribution in [3.8, 4) is 0 Å². The summed E-state index contributed by atoms with van der Waals surface area (Å²) in [6.45, 7) is 0. The molecule has 11 heteroatoms. The van der Waals surface area contributed by atoms with Crippen LogP contribution in [-0.2, 0) is 18.1 Å². The van der Waals surface area contributed by atoms with Crippen LogP contribution in [0.25, 0.3) is 12.2 Å². The van der Waals surface area contributed by atoms with Crippen LogP contribution in [0.3, 0.4) is 0 Å². The Labute approximate surface area is 170 Å². The normalized spacial score (nSPS) is 12.6. The predicted molar refractivity (Wildman–Crippen MR) is 100 cm³/mol. The van der Waals surface area contributed by atoms with E-state index in [2.05, 4.69) is 10.1 Å². The van der Waals surface area contributed by atoms with Gasteiger partial charge in [-0.05, 0) is 42.0 Å². The Hall–Kier alpha value is -2.95. The van der Waals surface area contributed by atoms with E-state index in [4.69, 9.17) is 10.3 Å². The van der Waals surface area contributed by atoms with Crippen LogP contribution >= 0.6 is 11.8 Å². The molecular weight excluding hydrogens is 432 g/mol. The molecule has 1 heterocycles. The van der Waals surface area contributed by atoms with Crippen molar-refractivity contribution >= 4 is 29.6 Å². The van der Waals surface area contributed by atoms with Crippen molar-refractivity contribution in [1.82, 2.24) is 10.1 Å². The van der Waals surface area contributed by atoms with Crippen molar-refractivity contribution in [3.05, 3.63) is 70.9 Å². The Morgan fingerprint density at radius 1 is 0.933 bits per heavy atom. The summed E-state index contributed by atoms with van der Waals surface area (Å²) in [7, 11) is 0. The number of alkyl halides is 6. The molecule has 2 aromatic carbocycles. The highest BCUT2D eigenvalue weighted by atomic mass is 32.2. The molecule has 0 aliphatic rings. The Bertz CT molecular complexity index is 1030. The topological polar surface area (TPSA) is 64.9 Å². The zero-order chi connectivity index (χ0) is 21.9. The molecule has 0 saturated heterocycles. The third kappa shape index (κ3) is 5.56. The lowest BCUT2D eigenvalue weighted by Crippen LogP contribution is -2.11. The van der Waals surface area contributed by atoms with Crippen LogP contribution < -0.4 is 5.73 Å². The predicted octanol–water partition coefficient (Wildman–Crippen LogP) is 6.15. The highest BCUT2D eigenvalue weighted by Crippen LogP contribution is 2.36. The maximum Gasteiger partial charge on any atom is 0.416 e. The molecule has 0 aliphatic carbocycles. The van der Waals surface area contributed by atoms with Gasteiger partial charge in [0.25, 0.3) is 0 Å². The second-order valence-corrected chi connectivity index (χ2v) is 7.06. The monoisotopic (exact) mass is 445 g/mol. The van der Waals surface area contributed by atoms with E-state index >= 15 is 0 Å². The fourth-order valence-electron chi connectivity index (χ4n) is 2.39. The quantitative estimate of drug-likeness (QED) is 0.290. The van der Waals surface area contributed by atoms with E-state index in [-0.39, 0.29) is 29.1 Å². The van der Waals surface area contributed by atoms with Gasteiger partial charge >= 0.3 is 12.4 Å². The smallest absolute Gasteiger partial charge is 0.398 e. The molecular formula is C19H13F6N3OS. The second kappa shape index (κ2) is 8.42. The molecule has 0 radical (unpaired) electrons. The van der Waals surface area contributed by atoms with Crippen molar-refractivity contribution in [2.75, 3.05) is 5.73 Å². The lowest BCUT2D eigenvalue weighted by molar-refractivity contribution is -0.143. The average Bonchev–Trinajstić information content (AvgIpc) is 3.12. The molecule has 0 atom stereocenters. The van der Waals surface area contributed by atoms with Crippen LogP contribution in [0, 0.1) is 0 Å². The molecule has 0 amide bonds. The molecule has 3 rings (SSSR count). The fraction of sp³-hybridized carbons (Fsp3) is 0.158. The number of nitrogens with two attached hydrogens (primary N) is 1. The van der Waals surface area contributed by atoms with Crippen molar-refractivity contribution in [3.63, 3.8) is 0 Å². The van der Waals surface area contributed by atoms with Crippen molar-refractivity contribution in [2.45, 2.75) is 23.0 Å². The lowest BCUT2D eigenvalue weighted by atomic mass is 10.0. The van der Waals surface area contributed by atoms with E-state index in [1.165, 1.54) is 17.8 Å². The minimum atomic E-state index is -4.92. The molecule has 0 fully saturated rings. The number of halogens is 6. The van der Waals surface area contributed by atoms with Gasteiger partial charge in [-0.25, -0.2) is 0 Å². The van der Waals surface area contributed by atoms with Gasteiger partial charge in [-0.15, -0.1) is 11.8 Å². The number of nitrogen functional groups attached to an aromatic ring is 1. The van der Waals surface area contributed by atoms with Gasteiger partial charge in [0.1, 0.15) is 0 Å². The minimum Gasteiger partial charge on any atom is -0.398 e. The van der Waals surface area contributed by atoms with Gasteiger partial charge in [-0.1, -0.05) is 23.4 Å². The van der Waals surface area contributed by atoms with E-state index < -0.39 is 23.5 Å². The van der Waals surface area contributed by atoms with Crippen LogP contribution in [0.2, 0.25) is 0 Å². The Morgan fingerprint density at radius 3 is 2.17 bits per heavy atom. The SMILES string of the molecule is Nc1ccccc1SCc1nc(C=Cc2cc(C(F)(F)F)cc(C(F)(F)F)c2)no1. The number of benzene rings is 2. The van der Waals surface area contributed by atoms with E-state index in [0.29, 0.717) is 17.8 Å². The fourth-order valence-corrected chi connectivity index (χ4v) is 3.20. The average molecular weight is 445 g/mol. The van der Waals surface area contributed by atoms with Crippen LogP contribution in [0.5, 0.6) is 0 Å². The van der Waals surface area contributed by atoms with Crippen molar-refractivity contribution in [2.24, 2.45) is 0 Å². The van der Waals surface area contributed by atoms with Crippen LogP contribution in [-0.4, -0.2) is 10.1 Å². The first-order valence-electron chi connectivity index (χ1n) is 8.30. The zero-order valence-corrected chi connectivity index (χ0v) is 15.8. The number of nitrogens with zero attached hydrogens (tertiary/aromatic N) is 2. The molecule has 0 bridgehead atoms. The molecule has 0 unspecified atom stereocenters. The van der Waals surface area contributed by atoms with E-state index in [1.54, 1.807) is 12.1 Å². The van der Waals surface area contributed by atoms with Gasteiger partial charge in [0.2, 0.25) is 5.89 Å². The van der Waals surface area contributed by atoms with Crippen molar-refractivity contribution in [1.29, 1.82) is 0 Å². The lowest BCUT2D eigenvalue weighted by Gasteiger charge is -2.12. The minimum absolute atomic E-state index is 0.0117. The van der Waals surface area contributed by atoms with Crippen LogP contribution in [0.15, 0.2) is 51.9 Å². The van der Waals surface area contributed by atoms with Gasteiger partial charge < -0.3 is 10.3 Å². The third-order valence-corrected chi connectivity index (χ3v) is 4.86. The maximum absolute atomic E-state index is 12.9. The summed E-state index contributed by atoms with van der Waals surface area (Å²) in [5.74, 6) is 0.525. The molecule has 4 nitrogen and oxygen atoms in total. The summed E-state index contributed by atoms with van der Waals surface area (Å²) < 4.78 is 82.5.